The standard InChI is InChI=1S/C47H60N8O6S/c1-45(2)16-14-32(39(25-45)47-28-46(3,29-47)30-47)27-53-18-20-54(21-19-53)35-10-12-38(42(23-35)61-36-22-31-15-17-48-43(31)49-26-36)44(56)51-62(59,60)37-11-13-40(41(24-37)55(57)58)50-33-6-8-34(9-7-33)52(4)5/h10-13,15,17,22-24,26,33-34,50H,6-9,14,16,18-21,25,27-30H2,1-5H3,(H,48,49)(H,51,56)/t33-,34-,46?,47?. The molecule has 10 rings (SSSR count). The van der Waals surface area contributed by atoms with Gasteiger partial charge in [-0.2, -0.15) is 0 Å². The topological polar surface area (TPSA) is 166 Å². The van der Waals surface area contributed by atoms with Gasteiger partial charge in [-0.1, -0.05) is 31.9 Å². The summed E-state index contributed by atoms with van der Waals surface area (Å²) in [6.07, 6.45) is 14.6. The summed E-state index contributed by atoms with van der Waals surface area (Å²) in [6, 6.07) is 13.0. The number of allylic oxidation sites excluding steroid dienone is 1. The van der Waals surface area contributed by atoms with E-state index in [0.29, 0.717) is 33.7 Å². The third kappa shape index (κ3) is 8.42. The molecule has 1 aliphatic heterocycles. The molecule has 4 saturated carbocycles. The maximum atomic E-state index is 14.0. The summed E-state index contributed by atoms with van der Waals surface area (Å²) in [6.45, 7) is 11.7. The lowest BCUT2D eigenvalue weighted by Crippen LogP contribution is -2.61. The number of carbonyl (C=O) groups excluding carboxylic acids is 1. The molecule has 3 heterocycles. The first-order chi connectivity index (χ1) is 29.5. The van der Waals surface area contributed by atoms with Crippen LogP contribution in [0.3, 0.4) is 0 Å². The first kappa shape index (κ1) is 42.3. The maximum Gasteiger partial charge on any atom is 0.293 e. The molecule has 14 nitrogen and oxygen atoms in total. The number of nitrogens with one attached hydrogen (secondary N) is 3. The number of aromatic nitrogens is 2. The molecule has 0 radical (unpaired) electrons. The van der Waals surface area contributed by atoms with Crippen molar-refractivity contribution in [3.05, 3.63) is 87.7 Å². The molecule has 2 aromatic carbocycles. The lowest BCUT2D eigenvalue weighted by atomic mass is 9.33. The van der Waals surface area contributed by atoms with Crippen molar-refractivity contribution < 1.29 is 22.9 Å². The number of amides is 1. The minimum absolute atomic E-state index is 0.00612. The summed E-state index contributed by atoms with van der Waals surface area (Å²) in [7, 11) is -0.435. The Bertz CT molecular complexity index is 2510. The van der Waals surface area contributed by atoms with Crippen LogP contribution >= 0.6 is 0 Å². The van der Waals surface area contributed by atoms with Gasteiger partial charge in [-0.25, -0.2) is 18.1 Å². The molecule has 2 bridgehead atoms. The molecular weight excluding hydrogens is 805 g/mol. The number of aromatic amines is 1. The molecule has 3 N–H and O–H groups in total. The van der Waals surface area contributed by atoms with Gasteiger partial charge >= 0.3 is 0 Å². The van der Waals surface area contributed by atoms with E-state index in [0.717, 1.165) is 75.5 Å². The van der Waals surface area contributed by atoms with E-state index in [1.54, 1.807) is 41.7 Å². The molecule has 5 aliphatic carbocycles. The van der Waals surface area contributed by atoms with Crippen LogP contribution in [-0.2, 0) is 10.0 Å². The molecule has 1 amide bonds. The molecule has 62 heavy (non-hydrogen) atoms. The monoisotopic (exact) mass is 864 g/mol. The number of piperazine rings is 1. The Morgan fingerprint density at radius 1 is 1.00 bits per heavy atom. The van der Waals surface area contributed by atoms with Gasteiger partial charge in [0.25, 0.3) is 21.6 Å². The molecule has 2 aromatic heterocycles. The number of pyridine rings is 1. The Balaban J connectivity index is 0.918. The number of nitrogens with zero attached hydrogens (tertiary/aromatic N) is 5. The fourth-order valence-corrected chi connectivity index (χ4v) is 12.3. The average Bonchev–Trinajstić information content (AvgIpc) is 3.68. The normalized spacial score (nSPS) is 26.2. The van der Waals surface area contributed by atoms with Crippen molar-refractivity contribution in [2.45, 2.75) is 102 Å². The van der Waals surface area contributed by atoms with E-state index in [1.165, 1.54) is 50.7 Å². The lowest BCUT2D eigenvalue weighted by molar-refractivity contribution is -0.384. The van der Waals surface area contributed by atoms with Gasteiger partial charge < -0.3 is 24.8 Å². The van der Waals surface area contributed by atoms with Crippen molar-refractivity contribution in [2.24, 2.45) is 16.2 Å². The molecule has 5 fully saturated rings. The summed E-state index contributed by atoms with van der Waals surface area (Å²) in [5.41, 5.74) is 6.23. The summed E-state index contributed by atoms with van der Waals surface area (Å²) >= 11 is 0. The number of H-pyrrole nitrogens is 1. The number of nitro groups is 1. The Kier molecular flexibility index (Phi) is 10.9. The zero-order valence-corrected chi connectivity index (χ0v) is 37.4. The first-order valence-corrected chi connectivity index (χ1v) is 23.7. The van der Waals surface area contributed by atoms with Crippen molar-refractivity contribution in [2.75, 3.05) is 57.0 Å². The Morgan fingerprint density at radius 2 is 1.74 bits per heavy atom. The van der Waals surface area contributed by atoms with Crippen LogP contribution in [0, 0.1) is 26.4 Å². The fourth-order valence-electron chi connectivity index (χ4n) is 11.3. The van der Waals surface area contributed by atoms with Crippen LogP contribution in [0.5, 0.6) is 11.5 Å². The highest BCUT2D eigenvalue weighted by molar-refractivity contribution is 7.90. The van der Waals surface area contributed by atoms with Gasteiger partial charge in [0.05, 0.1) is 21.6 Å². The van der Waals surface area contributed by atoms with E-state index in [2.05, 4.69) is 69.6 Å². The van der Waals surface area contributed by atoms with Gasteiger partial charge in [0.1, 0.15) is 22.8 Å². The van der Waals surface area contributed by atoms with E-state index in [1.807, 2.05) is 12.1 Å². The molecule has 6 aliphatic rings. The number of ether oxygens (including phenoxy) is 1. The van der Waals surface area contributed by atoms with Crippen molar-refractivity contribution in [3.8, 4) is 11.5 Å². The summed E-state index contributed by atoms with van der Waals surface area (Å²) in [5.74, 6) is -0.384. The second-order valence-corrected chi connectivity index (χ2v) is 21.8. The second kappa shape index (κ2) is 16.0. The molecule has 1 saturated heterocycles. The number of hydrogen-bond acceptors (Lipinski definition) is 11. The minimum atomic E-state index is -4.54. The zero-order valence-electron chi connectivity index (χ0n) is 36.6. The van der Waals surface area contributed by atoms with Crippen LogP contribution in [0.25, 0.3) is 11.0 Å². The first-order valence-electron chi connectivity index (χ1n) is 22.2. The van der Waals surface area contributed by atoms with Crippen molar-refractivity contribution >= 4 is 44.0 Å². The van der Waals surface area contributed by atoms with Gasteiger partial charge in [0, 0.05) is 74.2 Å². The number of carbonyl (C=O) groups is 1. The third-order valence-electron chi connectivity index (χ3n) is 14.6. The van der Waals surface area contributed by atoms with Gasteiger partial charge in [0.2, 0.25) is 0 Å². The number of benzene rings is 2. The van der Waals surface area contributed by atoms with Crippen LogP contribution in [0.15, 0.2) is 77.0 Å². The van der Waals surface area contributed by atoms with Crippen LogP contribution in [0.1, 0.15) is 95.3 Å². The summed E-state index contributed by atoms with van der Waals surface area (Å²) in [4.78, 5) is 39.8. The van der Waals surface area contributed by atoms with Gasteiger partial charge in [-0.05, 0) is 131 Å². The SMILES string of the molecule is CN(C)[C@H]1CC[C@H](Nc2ccc(S(=O)(=O)NC(=O)c3ccc(N4CCN(CC5=C(C67CC(C)(C6)C7)CC(C)(C)CC5)CC4)cc3Oc3cnc4[nH]ccc4c3)cc2[N+](=O)[O-])CC1. The minimum Gasteiger partial charge on any atom is -0.455 e. The Labute approximate surface area is 364 Å². The third-order valence-corrected chi connectivity index (χ3v) is 15.9. The van der Waals surface area contributed by atoms with Crippen LogP contribution in [-0.4, -0.2) is 97.9 Å². The summed E-state index contributed by atoms with van der Waals surface area (Å²) in [5, 5.41) is 16.3. The number of sulfonamides is 1. The van der Waals surface area contributed by atoms with E-state index in [-0.39, 0.29) is 28.7 Å². The van der Waals surface area contributed by atoms with Crippen LogP contribution < -0.4 is 19.7 Å². The van der Waals surface area contributed by atoms with E-state index in [4.69, 9.17) is 4.74 Å². The van der Waals surface area contributed by atoms with Crippen molar-refractivity contribution in [1.29, 1.82) is 0 Å². The largest absolute Gasteiger partial charge is 0.455 e. The van der Waals surface area contributed by atoms with Gasteiger partial charge in [0.15, 0.2) is 0 Å². The molecule has 0 unspecified atom stereocenters. The Hall–Kier alpha value is -4.99. The van der Waals surface area contributed by atoms with E-state index >= 15 is 0 Å². The number of nitro benzene ring substituents is 1. The molecule has 15 heteroatoms. The summed E-state index contributed by atoms with van der Waals surface area (Å²) < 4.78 is 36.0. The highest BCUT2D eigenvalue weighted by Crippen LogP contribution is 2.77. The van der Waals surface area contributed by atoms with Crippen molar-refractivity contribution in [3.63, 3.8) is 0 Å². The number of rotatable bonds is 13. The number of hydrogen-bond donors (Lipinski definition) is 3. The zero-order chi connectivity index (χ0) is 43.6. The number of anilines is 2. The smallest absolute Gasteiger partial charge is 0.293 e. The van der Waals surface area contributed by atoms with Crippen LogP contribution in [0.4, 0.5) is 17.1 Å². The highest BCUT2D eigenvalue weighted by atomic mass is 32.2. The Morgan fingerprint density at radius 3 is 2.44 bits per heavy atom. The predicted octanol–water partition coefficient (Wildman–Crippen LogP) is 8.49. The van der Waals surface area contributed by atoms with Crippen LogP contribution in [0.2, 0.25) is 0 Å². The van der Waals surface area contributed by atoms with E-state index in [9.17, 15) is 23.3 Å². The predicted molar refractivity (Wildman–Crippen MR) is 241 cm³/mol. The van der Waals surface area contributed by atoms with Crippen molar-refractivity contribution in [1.82, 2.24) is 24.5 Å². The highest BCUT2D eigenvalue weighted by Gasteiger charge is 2.66. The molecule has 330 valence electrons. The maximum absolute atomic E-state index is 14.0. The quantitative estimate of drug-likeness (QED) is 0.0671. The second-order valence-electron chi connectivity index (χ2n) is 20.2. The molecule has 4 aromatic rings. The van der Waals surface area contributed by atoms with Gasteiger partial charge in [-0.15, -0.1) is 0 Å². The number of fused-ring (bicyclic) bond motifs is 1. The molecule has 0 atom stereocenters. The molecule has 0 spiro atoms. The van der Waals surface area contributed by atoms with E-state index < -0.39 is 25.7 Å². The van der Waals surface area contributed by atoms with Gasteiger partial charge in [-0.3, -0.25) is 19.8 Å². The average molecular weight is 865 g/mol. The fraction of sp³-hybridized carbons (Fsp3) is 0.532. The molecular formula is C47H60N8O6S. The lowest BCUT2D eigenvalue weighted by Gasteiger charge is -2.72.